The van der Waals surface area contributed by atoms with Gasteiger partial charge in [-0.2, -0.15) is 0 Å². The quantitative estimate of drug-likeness (QED) is 0.426. The summed E-state index contributed by atoms with van der Waals surface area (Å²) in [5.74, 6) is 0. The molecule has 0 amide bonds. The molecule has 0 radical (unpaired) electrons. The summed E-state index contributed by atoms with van der Waals surface area (Å²) in [6, 6.07) is 5.77. The maximum atomic E-state index is 10.7. The van der Waals surface area contributed by atoms with Crippen molar-refractivity contribution in [3.05, 3.63) is 24.3 Å². The predicted octanol–water partition coefficient (Wildman–Crippen LogP) is -2.49. The number of anilines is 1. The normalized spacial score (nSPS) is 14.4. The third kappa shape index (κ3) is 3.80. The van der Waals surface area contributed by atoms with E-state index in [9.17, 15) is 8.76 Å². The SMILES string of the molecule is Nc1ccc(S(=O)([O-])=S)cc1.[K+]. The summed E-state index contributed by atoms with van der Waals surface area (Å²) in [6.45, 7) is 0. The Hall–Kier alpha value is 0.986. The first-order valence-corrected chi connectivity index (χ1v) is 5.22. The average Bonchev–Trinajstić information content (AvgIpc) is 1.86. The van der Waals surface area contributed by atoms with Gasteiger partial charge in [-0.15, -0.1) is 0 Å². The summed E-state index contributed by atoms with van der Waals surface area (Å²) in [7, 11) is -3.49. The number of nitrogens with two attached hydrogens (primary N) is 1. The van der Waals surface area contributed by atoms with Gasteiger partial charge in [-0.25, -0.2) is 0 Å². The summed E-state index contributed by atoms with van der Waals surface area (Å²) in [4.78, 5) is 0.113. The van der Waals surface area contributed by atoms with Crippen LogP contribution in [-0.4, -0.2) is 8.76 Å². The van der Waals surface area contributed by atoms with E-state index in [-0.39, 0.29) is 56.3 Å². The van der Waals surface area contributed by atoms with Gasteiger partial charge in [0.05, 0.1) is 0 Å². The maximum absolute atomic E-state index is 10.7. The Morgan fingerprint density at radius 2 is 1.75 bits per heavy atom. The van der Waals surface area contributed by atoms with Crippen LogP contribution in [0.1, 0.15) is 0 Å². The zero-order valence-electron chi connectivity index (χ0n) is 6.52. The molecule has 0 heterocycles. The molecule has 0 aliphatic heterocycles. The smallest absolute Gasteiger partial charge is 0.766 e. The second-order valence-electron chi connectivity index (χ2n) is 2.02. The second kappa shape index (κ2) is 5.01. The Balaban J connectivity index is 0.00000121. The Morgan fingerprint density at radius 1 is 1.33 bits per heavy atom. The van der Waals surface area contributed by atoms with E-state index in [2.05, 4.69) is 11.2 Å². The standard InChI is InChI=1S/C6H7NO2S2.K/c7-5-1-3-6(4-2-5)11(8,9)10;/h1-4H,7H2,(H,8,9,10);/q;+1/p-1. The first-order valence-electron chi connectivity index (χ1n) is 2.81. The fourth-order valence-electron chi connectivity index (χ4n) is 0.634. The molecule has 1 aromatic carbocycles. The minimum atomic E-state index is -3.49. The molecule has 1 rings (SSSR count). The molecular weight excluding hydrogens is 221 g/mol. The monoisotopic (exact) mass is 227 g/mol. The van der Waals surface area contributed by atoms with Crippen molar-refractivity contribution in [2.24, 2.45) is 0 Å². The predicted molar refractivity (Wildman–Crippen MR) is 45.4 cm³/mol. The summed E-state index contributed by atoms with van der Waals surface area (Å²) in [6.07, 6.45) is 0. The topological polar surface area (TPSA) is 66.2 Å². The first-order chi connectivity index (χ1) is 5.00. The van der Waals surface area contributed by atoms with Crippen LogP contribution in [0.15, 0.2) is 29.2 Å². The maximum Gasteiger partial charge on any atom is 1.00 e. The van der Waals surface area contributed by atoms with Crippen LogP contribution in [0.3, 0.4) is 0 Å². The van der Waals surface area contributed by atoms with Gasteiger partial charge in [0.15, 0.2) is 0 Å². The van der Waals surface area contributed by atoms with Gasteiger partial charge in [0.1, 0.15) is 0 Å². The van der Waals surface area contributed by atoms with Crippen LogP contribution in [-0.2, 0) is 20.0 Å². The van der Waals surface area contributed by atoms with Gasteiger partial charge in [-0.3, -0.25) is 4.21 Å². The van der Waals surface area contributed by atoms with Gasteiger partial charge in [-0.1, -0.05) is 0 Å². The van der Waals surface area contributed by atoms with Gasteiger partial charge < -0.3 is 10.3 Å². The molecule has 0 saturated carbocycles. The molecule has 0 bridgehead atoms. The zero-order chi connectivity index (χ0) is 8.48. The second-order valence-corrected chi connectivity index (χ2v) is 4.72. The van der Waals surface area contributed by atoms with Gasteiger partial charge >= 0.3 is 51.4 Å². The molecule has 1 unspecified atom stereocenters. The average molecular weight is 227 g/mol. The van der Waals surface area contributed by atoms with E-state index in [4.69, 9.17) is 5.73 Å². The van der Waals surface area contributed by atoms with E-state index in [1.54, 1.807) is 0 Å². The molecule has 6 heteroatoms. The first kappa shape index (κ1) is 13.0. The van der Waals surface area contributed by atoms with Crippen LogP contribution in [0.2, 0.25) is 0 Å². The fraction of sp³-hybridized carbons (Fsp3) is 0. The third-order valence-electron chi connectivity index (χ3n) is 1.17. The minimum Gasteiger partial charge on any atom is -0.766 e. The number of rotatable bonds is 1. The number of hydrogen-bond donors (Lipinski definition) is 1. The van der Waals surface area contributed by atoms with Gasteiger partial charge in [-0.05, 0) is 44.2 Å². The van der Waals surface area contributed by atoms with E-state index >= 15 is 0 Å². The van der Waals surface area contributed by atoms with Crippen LogP contribution in [0.5, 0.6) is 0 Å². The van der Waals surface area contributed by atoms with E-state index < -0.39 is 8.77 Å². The molecule has 3 nitrogen and oxygen atoms in total. The van der Waals surface area contributed by atoms with E-state index in [0.29, 0.717) is 5.69 Å². The van der Waals surface area contributed by atoms with Crippen LogP contribution >= 0.6 is 0 Å². The molecule has 0 aromatic heterocycles. The van der Waals surface area contributed by atoms with E-state index in [0.717, 1.165) is 0 Å². The molecule has 0 fully saturated rings. The van der Waals surface area contributed by atoms with E-state index in [1.165, 1.54) is 24.3 Å². The molecule has 60 valence electrons. The molecule has 0 aliphatic rings. The molecule has 1 aromatic rings. The fourth-order valence-corrected chi connectivity index (χ4v) is 1.44. The zero-order valence-corrected chi connectivity index (χ0v) is 11.3. The van der Waals surface area contributed by atoms with Crippen molar-refractivity contribution in [3.63, 3.8) is 0 Å². The van der Waals surface area contributed by atoms with Crippen molar-refractivity contribution in [3.8, 4) is 0 Å². The summed E-state index contributed by atoms with van der Waals surface area (Å²) >= 11 is 4.23. The molecule has 0 aliphatic carbocycles. The molecule has 1 atom stereocenters. The Labute approximate surface area is 119 Å². The minimum absolute atomic E-state index is 0. The van der Waals surface area contributed by atoms with Crippen molar-refractivity contribution in [1.29, 1.82) is 0 Å². The van der Waals surface area contributed by atoms with Crippen molar-refractivity contribution in [2.45, 2.75) is 4.90 Å². The molecule has 12 heavy (non-hydrogen) atoms. The Kier molecular flexibility index (Phi) is 5.43. The van der Waals surface area contributed by atoms with Crippen molar-refractivity contribution in [2.75, 3.05) is 5.73 Å². The van der Waals surface area contributed by atoms with Gasteiger partial charge in [0.25, 0.3) is 0 Å². The van der Waals surface area contributed by atoms with Gasteiger partial charge in [0, 0.05) is 10.6 Å². The number of benzene rings is 1. The third-order valence-corrected chi connectivity index (χ3v) is 2.60. The van der Waals surface area contributed by atoms with Crippen LogP contribution in [0, 0.1) is 0 Å². The summed E-state index contributed by atoms with van der Waals surface area (Å²) in [5, 5.41) is 0. The van der Waals surface area contributed by atoms with E-state index in [1.807, 2.05) is 0 Å². The molecule has 2 N–H and O–H groups in total. The van der Waals surface area contributed by atoms with Gasteiger partial charge in [0.2, 0.25) is 0 Å². The van der Waals surface area contributed by atoms with Crippen LogP contribution in [0.4, 0.5) is 5.69 Å². The van der Waals surface area contributed by atoms with Crippen molar-refractivity contribution >= 4 is 25.6 Å². The summed E-state index contributed by atoms with van der Waals surface area (Å²) < 4.78 is 21.4. The van der Waals surface area contributed by atoms with Crippen molar-refractivity contribution in [1.82, 2.24) is 0 Å². The number of nitrogen functional groups attached to an aromatic ring is 1. The Bertz CT molecular complexity index is 346. The molecular formula is C6H6KNO2S2. The Morgan fingerprint density at radius 3 is 2.08 bits per heavy atom. The van der Waals surface area contributed by atoms with Crippen LogP contribution in [0.25, 0.3) is 0 Å². The largest absolute Gasteiger partial charge is 1.00 e. The van der Waals surface area contributed by atoms with Crippen molar-refractivity contribution < 1.29 is 60.1 Å². The summed E-state index contributed by atoms with van der Waals surface area (Å²) in [5.41, 5.74) is 5.86. The molecule has 0 saturated heterocycles. The molecule has 0 spiro atoms. The van der Waals surface area contributed by atoms with Crippen LogP contribution < -0.4 is 57.1 Å². The number of hydrogen-bond acceptors (Lipinski definition) is 4.